The molecule has 0 radical (unpaired) electrons. The van der Waals surface area contributed by atoms with Gasteiger partial charge in [0, 0.05) is 5.56 Å². The van der Waals surface area contributed by atoms with Crippen LogP contribution in [0.1, 0.15) is 31.9 Å². The zero-order valence-electron chi connectivity index (χ0n) is 12.1. The first-order valence-electron chi connectivity index (χ1n) is 6.60. The molecule has 3 nitrogen and oxygen atoms in total. The molecule has 0 heterocycles. The molecule has 104 valence electrons. The van der Waals surface area contributed by atoms with E-state index < -0.39 is 0 Å². The molecule has 0 aliphatic heterocycles. The SMILES string of the molecule is CC(C)(C)c1ccccc1Oc1ccccc1C(=N)N. The topological polar surface area (TPSA) is 59.1 Å². The Morgan fingerprint density at radius 3 is 2.10 bits per heavy atom. The molecule has 0 unspecified atom stereocenters. The van der Waals surface area contributed by atoms with Gasteiger partial charge in [-0.3, -0.25) is 5.41 Å². The lowest BCUT2D eigenvalue weighted by Crippen LogP contribution is -2.14. The molecule has 0 aromatic heterocycles. The molecule has 3 heteroatoms. The Balaban J connectivity index is 2.44. The maximum atomic E-state index is 7.62. The largest absolute Gasteiger partial charge is 0.456 e. The van der Waals surface area contributed by atoms with E-state index in [1.165, 1.54) is 0 Å². The maximum absolute atomic E-state index is 7.62. The van der Waals surface area contributed by atoms with Crippen molar-refractivity contribution in [2.75, 3.05) is 0 Å². The fraction of sp³-hybridized carbons (Fsp3) is 0.235. The first kappa shape index (κ1) is 14.1. The summed E-state index contributed by atoms with van der Waals surface area (Å²) >= 11 is 0. The van der Waals surface area contributed by atoms with Crippen LogP contribution in [0.4, 0.5) is 0 Å². The number of hydrogen-bond acceptors (Lipinski definition) is 2. The number of benzene rings is 2. The van der Waals surface area contributed by atoms with Gasteiger partial charge in [-0.2, -0.15) is 0 Å². The molecule has 2 aromatic carbocycles. The summed E-state index contributed by atoms with van der Waals surface area (Å²) in [5.41, 5.74) is 7.31. The van der Waals surface area contributed by atoms with Gasteiger partial charge in [-0.15, -0.1) is 0 Å². The fourth-order valence-corrected chi connectivity index (χ4v) is 2.07. The third kappa shape index (κ3) is 2.99. The van der Waals surface area contributed by atoms with Crippen LogP contribution in [0.5, 0.6) is 11.5 Å². The van der Waals surface area contributed by atoms with Crippen molar-refractivity contribution < 1.29 is 4.74 Å². The van der Waals surface area contributed by atoms with E-state index in [4.69, 9.17) is 15.9 Å². The number of rotatable bonds is 3. The average Bonchev–Trinajstić information content (AvgIpc) is 2.38. The number of nitrogen functional groups attached to an aromatic ring is 1. The van der Waals surface area contributed by atoms with E-state index in [1.54, 1.807) is 6.07 Å². The molecule has 0 saturated carbocycles. The van der Waals surface area contributed by atoms with Crippen molar-refractivity contribution in [2.24, 2.45) is 5.73 Å². The lowest BCUT2D eigenvalue weighted by atomic mass is 9.86. The molecule has 0 fully saturated rings. The number of para-hydroxylation sites is 2. The van der Waals surface area contributed by atoms with E-state index in [0.717, 1.165) is 11.3 Å². The molecule has 0 aliphatic carbocycles. The van der Waals surface area contributed by atoms with Crippen LogP contribution in [0.2, 0.25) is 0 Å². The Bertz CT molecular complexity index is 627. The third-order valence-corrected chi connectivity index (χ3v) is 3.09. The van der Waals surface area contributed by atoms with Crippen LogP contribution in [0.15, 0.2) is 48.5 Å². The quantitative estimate of drug-likeness (QED) is 0.651. The van der Waals surface area contributed by atoms with Crippen LogP contribution < -0.4 is 10.5 Å². The Labute approximate surface area is 119 Å². The summed E-state index contributed by atoms with van der Waals surface area (Å²) in [6, 6.07) is 15.3. The summed E-state index contributed by atoms with van der Waals surface area (Å²) in [6.07, 6.45) is 0. The molecular weight excluding hydrogens is 248 g/mol. The lowest BCUT2D eigenvalue weighted by molar-refractivity contribution is 0.454. The minimum atomic E-state index is -0.0121. The number of nitrogens with two attached hydrogens (primary N) is 1. The van der Waals surface area contributed by atoms with Gasteiger partial charge in [0.25, 0.3) is 0 Å². The van der Waals surface area contributed by atoms with E-state index >= 15 is 0 Å². The predicted molar refractivity (Wildman–Crippen MR) is 82.7 cm³/mol. The van der Waals surface area contributed by atoms with Crippen molar-refractivity contribution in [3.8, 4) is 11.5 Å². The van der Waals surface area contributed by atoms with Crippen molar-refractivity contribution in [1.82, 2.24) is 0 Å². The normalized spacial score (nSPS) is 11.2. The highest BCUT2D eigenvalue weighted by atomic mass is 16.5. The van der Waals surface area contributed by atoms with Crippen LogP contribution in [0.3, 0.4) is 0 Å². The van der Waals surface area contributed by atoms with Crippen LogP contribution >= 0.6 is 0 Å². The van der Waals surface area contributed by atoms with Gasteiger partial charge in [0.15, 0.2) is 0 Å². The van der Waals surface area contributed by atoms with Crippen molar-refractivity contribution in [3.63, 3.8) is 0 Å². The molecule has 2 aromatic rings. The third-order valence-electron chi connectivity index (χ3n) is 3.09. The van der Waals surface area contributed by atoms with E-state index in [9.17, 15) is 0 Å². The number of hydrogen-bond donors (Lipinski definition) is 2. The van der Waals surface area contributed by atoms with Gasteiger partial charge in [-0.1, -0.05) is 51.1 Å². The highest BCUT2D eigenvalue weighted by molar-refractivity contribution is 5.97. The minimum Gasteiger partial charge on any atom is -0.456 e. The van der Waals surface area contributed by atoms with Crippen LogP contribution in [-0.2, 0) is 5.41 Å². The standard InChI is InChI=1S/C17H20N2O/c1-17(2,3)13-9-5-7-11-15(13)20-14-10-6-4-8-12(14)16(18)19/h4-11H,1-3H3,(H3,18,19). The second-order valence-electron chi connectivity index (χ2n) is 5.76. The Kier molecular flexibility index (Phi) is 3.79. The number of ether oxygens (including phenoxy) is 1. The van der Waals surface area contributed by atoms with Crippen molar-refractivity contribution in [3.05, 3.63) is 59.7 Å². The van der Waals surface area contributed by atoms with E-state index in [1.807, 2.05) is 36.4 Å². The molecule has 0 saturated heterocycles. The predicted octanol–water partition coefficient (Wildman–Crippen LogP) is 4.06. The molecule has 0 spiro atoms. The van der Waals surface area contributed by atoms with Gasteiger partial charge in [0.2, 0.25) is 0 Å². The first-order valence-corrected chi connectivity index (χ1v) is 6.60. The highest BCUT2D eigenvalue weighted by Crippen LogP contribution is 2.34. The monoisotopic (exact) mass is 268 g/mol. The molecule has 2 rings (SSSR count). The van der Waals surface area contributed by atoms with Crippen molar-refractivity contribution in [2.45, 2.75) is 26.2 Å². The molecule has 0 atom stereocenters. The molecule has 20 heavy (non-hydrogen) atoms. The van der Waals surface area contributed by atoms with Gasteiger partial charge in [-0.05, 0) is 23.6 Å². The zero-order valence-corrected chi connectivity index (χ0v) is 12.1. The van der Waals surface area contributed by atoms with Gasteiger partial charge in [0.05, 0.1) is 5.56 Å². The summed E-state index contributed by atoms with van der Waals surface area (Å²) < 4.78 is 6.01. The summed E-state index contributed by atoms with van der Waals surface area (Å²) in [7, 11) is 0. The van der Waals surface area contributed by atoms with Gasteiger partial charge in [-0.25, -0.2) is 0 Å². The second kappa shape index (κ2) is 5.37. The summed E-state index contributed by atoms with van der Waals surface area (Å²) in [6.45, 7) is 6.43. The Hall–Kier alpha value is -2.29. The molecule has 3 N–H and O–H groups in total. The van der Waals surface area contributed by atoms with E-state index in [0.29, 0.717) is 11.3 Å². The summed E-state index contributed by atoms with van der Waals surface area (Å²) in [5, 5.41) is 7.62. The number of nitrogens with one attached hydrogen (secondary N) is 1. The van der Waals surface area contributed by atoms with E-state index in [2.05, 4.69) is 26.8 Å². The van der Waals surface area contributed by atoms with Gasteiger partial charge < -0.3 is 10.5 Å². The Morgan fingerprint density at radius 1 is 0.950 bits per heavy atom. The summed E-state index contributed by atoms with van der Waals surface area (Å²) in [4.78, 5) is 0. The molecule has 0 amide bonds. The second-order valence-corrected chi connectivity index (χ2v) is 5.76. The molecular formula is C17H20N2O. The first-order chi connectivity index (χ1) is 9.39. The zero-order chi connectivity index (χ0) is 14.8. The van der Waals surface area contributed by atoms with E-state index in [-0.39, 0.29) is 11.3 Å². The van der Waals surface area contributed by atoms with Gasteiger partial charge >= 0.3 is 0 Å². The average molecular weight is 268 g/mol. The molecule has 0 bridgehead atoms. The fourth-order valence-electron chi connectivity index (χ4n) is 2.07. The lowest BCUT2D eigenvalue weighted by Gasteiger charge is -2.23. The molecule has 0 aliphatic rings. The highest BCUT2D eigenvalue weighted by Gasteiger charge is 2.19. The van der Waals surface area contributed by atoms with Crippen LogP contribution in [-0.4, -0.2) is 5.84 Å². The Morgan fingerprint density at radius 2 is 1.50 bits per heavy atom. The maximum Gasteiger partial charge on any atom is 0.138 e. The van der Waals surface area contributed by atoms with Crippen molar-refractivity contribution >= 4 is 5.84 Å². The van der Waals surface area contributed by atoms with Crippen LogP contribution in [0.25, 0.3) is 0 Å². The minimum absolute atomic E-state index is 0.00818. The number of amidine groups is 1. The van der Waals surface area contributed by atoms with Gasteiger partial charge in [0.1, 0.15) is 17.3 Å². The van der Waals surface area contributed by atoms with Crippen LogP contribution in [0, 0.1) is 5.41 Å². The smallest absolute Gasteiger partial charge is 0.138 e. The van der Waals surface area contributed by atoms with Crippen molar-refractivity contribution in [1.29, 1.82) is 5.41 Å². The summed E-state index contributed by atoms with van der Waals surface area (Å²) in [5.74, 6) is 1.42.